The number of aryl methyl sites for hydroxylation is 1. The van der Waals surface area contributed by atoms with Crippen LogP contribution in [-0.4, -0.2) is 51.4 Å². The average Bonchev–Trinajstić information content (AvgIpc) is 3.47. The summed E-state index contributed by atoms with van der Waals surface area (Å²) < 4.78 is 2.08. The molecule has 0 fully saturated rings. The van der Waals surface area contributed by atoms with Crippen molar-refractivity contribution < 1.29 is 5.11 Å². The number of nitrogens with zero attached hydrogens (tertiary/aromatic N) is 4. The maximum Gasteiger partial charge on any atom is 0.110 e. The summed E-state index contributed by atoms with van der Waals surface area (Å²) in [4.78, 5) is 6.69. The van der Waals surface area contributed by atoms with Crippen molar-refractivity contribution in [1.29, 1.82) is 0 Å². The molecule has 0 saturated heterocycles. The van der Waals surface area contributed by atoms with Crippen molar-refractivity contribution in [3.63, 3.8) is 0 Å². The van der Waals surface area contributed by atoms with Crippen LogP contribution in [0, 0.1) is 6.92 Å². The fraction of sp³-hybridized carbons (Fsp3) is 0.321. The lowest BCUT2D eigenvalue weighted by atomic mass is 9.91. The minimum absolute atomic E-state index is 0.0512. The fourth-order valence-corrected chi connectivity index (χ4v) is 5.57. The Kier molecular flexibility index (Phi) is 5.59. The maximum absolute atomic E-state index is 10.3. The molecule has 3 N–H and O–H groups in total. The fourth-order valence-electron chi connectivity index (χ4n) is 5.57. The maximum atomic E-state index is 10.3. The molecule has 2 unspecified atom stereocenters. The number of hydrazine groups is 1. The molecule has 0 bridgehead atoms. The summed E-state index contributed by atoms with van der Waals surface area (Å²) in [7, 11) is 0. The molecule has 180 valence electrons. The number of rotatable bonds is 5. The summed E-state index contributed by atoms with van der Waals surface area (Å²) in [6, 6.07) is 17.5. The van der Waals surface area contributed by atoms with Crippen molar-refractivity contribution >= 4 is 11.4 Å². The molecule has 7 heteroatoms. The van der Waals surface area contributed by atoms with E-state index in [9.17, 15) is 5.11 Å². The molecule has 7 nitrogen and oxygen atoms in total. The van der Waals surface area contributed by atoms with Crippen molar-refractivity contribution in [2.45, 2.75) is 38.8 Å². The topological polar surface area (TPSA) is 68.6 Å². The molecule has 35 heavy (non-hydrogen) atoms. The zero-order valence-electron chi connectivity index (χ0n) is 20.3. The third kappa shape index (κ3) is 4.00. The summed E-state index contributed by atoms with van der Waals surface area (Å²) in [6.07, 6.45) is 7.89. The van der Waals surface area contributed by atoms with E-state index in [1.807, 2.05) is 19.3 Å². The Bertz CT molecular complexity index is 1290. The van der Waals surface area contributed by atoms with Gasteiger partial charge in [-0.2, -0.15) is 0 Å². The quantitative estimate of drug-likeness (QED) is 0.530. The summed E-state index contributed by atoms with van der Waals surface area (Å²) in [5, 5.41) is 16.1. The number of hydrogen-bond acceptors (Lipinski definition) is 6. The molecule has 0 saturated carbocycles. The monoisotopic (exact) mass is 468 g/mol. The highest BCUT2D eigenvalue weighted by Crippen LogP contribution is 2.41. The smallest absolute Gasteiger partial charge is 0.110 e. The van der Waals surface area contributed by atoms with Gasteiger partial charge in [-0.15, -0.1) is 0 Å². The van der Waals surface area contributed by atoms with Crippen molar-refractivity contribution in [2.24, 2.45) is 0 Å². The predicted molar refractivity (Wildman–Crippen MR) is 139 cm³/mol. The predicted octanol–water partition coefficient (Wildman–Crippen LogP) is 3.77. The van der Waals surface area contributed by atoms with Gasteiger partial charge >= 0.3 is 0 Å². The second-order valence-electron chi connectivity index (χ2n) is 9.75. The van der Waals surface area contributed by atoms with E-state index < -0.39 is 0 Å². The number of aliphatic hydroxyl groups excluding tert-OH is 1. The second kappa shape index (κ2) is 8.91. The van der Waals surface area contributed by atoms with Crippen LogP contribution in [0.1, 0.15) is 24.7 Å². The number of allylic oxidation sites excluding steroid dienone is 1. The van der Waals surface area contributed by atoms with Gasteiger partial charge in [-0.3, -0.25) is 10.4 Å². The van der Waals surface area contributed by atoms with Crippen LogP contribution in [0.2, 0.25) is 0 Å². The molecule has 3 aliphatic heterocycles. The summed E-state index contributed by atoms with van der Waals surface area (Å²) in [6.45, 7) is 6.08. The highest BCUT2D eigenvalue weighted by Gasteiger charge is 2.36. The molecule has 6 rings (SSSR count). The molecular weight excluding hydrogens is 436 g/mol. The van der Waals surface area contributed by atoms with Crippen LogP contribution in [0.15, 0.2) is 84.0 Å². The van der Waals surface area contributed by atoms with Crippen LogP contribution in [0.25, 0.3) is 5.69 Å². The number of nitrogens with one attached hydrogen (secondary N) is 2. The van der Waals surface area contributed by atoms with E-state index in [4.69, 9.17) is 0 Å². The van der Waals surface area contributed by atoms with Crippen LogP contribution in [-0.2, 0) is 6.42 Å². The first-order chi connectivity index (χ1) is 17.1. The molecule has 3 aromatic rings. The van der Waals surface area contributed by atoms with Gasteiger partial charge in [0, 0.05) is 42.6 Å². The Hall–Kier alpha value is -3.55. The van der Waals surface area contributed by atoms with Gasteiger partial charge in [0.05, 0.1) is 30.6 Å². The standard InChI is InChI=1S/C28H32N6O/c1-19-13-26-22(15-30-19)16-32(31-23-7-9-24(10-8-23)33-12-11-29-20(33)2)17-28(26)34-25(18-35)14-21-5-3-4-6-27(21)34/h3-12,17,19,25,30-31,35H,13-16,18H2,1-2H3. The van der Waals surface area contributed by atoms with Gasteiger partial charge in [-0.25, -0.2) is 4.98 Å². The third-order valence-corrected chi connectivity index (χ3v) is 7.34. The van der Waals surface area contributed by atoms with Crippen molar-refractivity contribution in [3.8, 4) is 5.69 Å². The highest BCUT2D eigenvalue weighted by molar-refractivity contribution is 5.68. The van der Waals surface area contributed by atoms with Gasteiger partial charge in [0.15, 0.2) is 0 Å². The van der Waals surface area contributed by atoms with Crippen LogP contribution in [0.5, 0.6) is 0 Å². The van der Waals surface area contributed by atoms with Crippen LogP contribution in [0.3, 0.4) is 0 Å². The Morgan fingerprint density at radius 2 is 1.94 bits per heavy atom. The Morgan fingerprint density at radius 3 is 2.71 bits per heavy atom. The van der Waals surface area contributed by atoms with Gasteiger partial charge in [-0.1, -0.05) is 18.2 Å². The van der Waals surface area contributed by atoms with Gasteiger partial charge < -0.3 is 19.9 Å². The first-order valence-corrected chi connectivity index (χ1v) is 12.4. The molecule has 0 radical (unpaired) electrons. The van der Waals surface area contributed by atoms with Gasteiger partial charge in [0.2, 0.25) is 0 Å². The van der Waals surface area contributed by atoms with Crippen LogP contribution < -0.4 is 15.6 Å². The molecule has 2 aromatic carbocycles. The Labute approximate surface area is 206 Å². The highest BCUT2D eigenvalue weighted by atomic mass is 16.3. The third-order valence-electron chi connectivity index (χ3n) is 7.34. The zero-order valence-corrected chi connectivity index (χ0v) is 20.3. The molecule has 3 aliphatic rings. The van der Waals surface area contributed by atoms with E-state index in [1.54, 1.807) is 0 Å². The lowest BCUT2D eigenvalue weighted by molar-refractivity contribution is 0.266. The normalized spacial score (nSPS) is 21.6. The molecule has 2 atom stereocenters. The van der Waals surface area contributed by atoms with Crippen LogP contribution >= 0.6 is 0 Å². The molecular formula is C28H32N6O. The number of aliphatic hydroxyl groups is 1. The largest absolute Gasteiger partial charge is 0.394 e. The Balaban J connectivity index is 1.32. The number of fused-ring (bicyclic) bond motifs is 1. The summed E-state index contributed by atoms with van der Waals surface area (Å²) >= 11 is 0. The van der Waals surface area contributed by atoms with Crippen molar-refractivity contribution in [1.82, 2.24) is 19.9 Å². The minimum Gasteiger partial charge on any atom is -0.394 e. The number of hydrogen-bond donors (Lipinski definition) is 3. The lowest BCUT2D eigenvalue weighted by Crippen LogP contribution is -2.45. The number of benzene rings is 2. The first-order valence-electron chi connectivity index (χ1n) is 12.4. The van der Waals surface area contributed by atoms with E-state index in [1.165, 1.54) is 28.1 Å². The SMILES string of the molecule is Cc1nccn1-c1ccc(NN2C=C(N3c4ccccc4CC3CO)C3=C(CNC(C)C3)C2)cc1. The lowest BCUT2D eigenvalue weighted by Gasteiger charge is -2.40. The van der Waals surface area contributed by atoms with E-state index in [0.29, 0.717) is 6.04 Å². The van der Waals surface area contributed by atoms with E-state index >= 15 is 0 Å². The van der Waals surface area contributed by atoms with E-state index in [0.717, 1.165) is 43.1 Å². The van der Waals surface area contributed by atoms with Crippen molar-refractivity contribution in [3.05, 3.63) is 95.4 Å². The second-order valence-corrected chi connectivity index (χ2v) is 9.75. The molecule has 1 aromatic heterocycles. The number of imidazole rings is 1. The Morgan fingerprint density at radius 1 is 1.11 bits per heavy atom. The summed E-state index contributed by atoms with van der Waals surface area (Å²) in [5.41, 5.74) is 12.2. The first kappa shape index (κ1) is 21.9. The average molecular weight is 469 g/mol. The minimum atomic E-state index is 0.0512. The molecule has 0 aliphatic carbocycles. The van der Waals surface area contributed by atoms with Gasteiger partial charge in [0.1, 0.15) is 5.82 Å². The molecule has 0 amide bonds. The van der Waals surface area contributed by atoms with Crippen molar-refractivity contribution in [2.75, 3.05) is 30.0 Å². The van der Waals surface area contributed by atoms with E-state index in [2.05, 4.69) is 91.9 Å². The van der Waals surface area contributed by atoms with Crippen LogP contribution in [0.4, 0.5) is 11.4 Å². The molecule has 4 heterocycles. The van der Waals surface area contributed by atoms with Gasteiger partial charge in [0.25, 0.3) is 0 Å². The van der Waals surface area contributed by atoms with E-state index in [-0.39, 0.29) is 12.6 Å². The summed E-state index contributed by atoms with van der Waals surface area (Å²) in [5.74, 6) is 0.970. The molecule has 0 spiro atoms. The van der Waals surface area contributed by atoms with Gasteiger partial charge in [-0.05, 0) is 73.7 Å². The number of para-hydroxylation sites is 1. The number of anilines is 2. The zero-order chi connectivity index (χ0) is 23.9. The number of aromatic nitrogens is 2.